The number of hydrogen-bond donors (Lipinski definition) is 2. The van der Waals surface area contributed by atoms with Crippen LogP contribution in [-0.2, 0) is 0 Å². The average molecular weight is 256 g/mol. The number of hydrogen-bond acceptors (Lipinski definition) is 6. The first-order valence-corrected chi connectivity index (χ1v) is 7.04. The van der Waals surface area contributed by atoms with Gasteiger partial charge in [0.25, 0.3) is 0 Å². The zero-order chi connectivity index (χ0) is 12.7. The molecular formula is C11H20N4OS. The highest BCUT2D eigenvalue weighted by molar-refractivity contribution is 7.98. The van der Waals surface area contributed by atoms with Gasteiger partial charge in [-0.15, -0.1) is 0 Å². The summed E-state index contributed by atoms with van der Waals surface area (Å²) in [6, 6.07) is 0. The van der Waals surface area contributed by atoms with Gasteiger partial charge in [-0.25, -0.2) is 4.98 Å². The number of aromatic nitrogens is 2. The van der Waals surface area contributed by atoms with Crippen molar-refractivity contribution in [2.75, 3.05) is 36.2 Å². The van der Waals surface area contributed by atoms with Crippen LogP contribution in [0.4, 0.5) is 11.5 Å². The van der Waals surface area contributed by atoms with Crippen molar-refractivity contribution in [2.24, 2.45) is 5.92 Å². The lowest BCUT2D eigenvalue weighted by Gasteiger charge is -2.14. The van der Waals surface area contributed by atoms with Crippen molar-refractivity contribution in [3.05, 3.63) is 6.33 Å². The van der Waals surface area contributed by atoms with Crippen LogP contribution >= 0.6 is 11.8 Å². The van der Waals surface area contributed by atoms with Crippen LogP contribution in [0.5, 0.6) is 5.88 Å². The summed E-state index contributed by atoms with van der Waals surface area (Å²) >= 11 is 1.83. The molecule has 0 amide bonds. The number of ether oxygens (including phenoxy) is 1. The van der Waals surface area contributed by atoms with Crippen LogP contribution in [-0.4, -0.2) is 35.1 Å². The zero-order valence-electron chi connectivity index (χ0n) is 10.6. The average Bonchev–Trinajstić information content (AvgIpc) is 2.31. The lowest BCUT2D eigenvalue weighted by Crippen LogP contribution is -2.15. The molecule has 0 bridgehead atoms. The number of thioether (sulfide) groups is 1. The Morgan fingerprint density at radius 1 is 1.53 bits per heavy atom. The molecule has 0 radical (unpaired) electrons. The van der Waals surface area contributed by atoms with Crippen molar-refractivity contribution in [3.63, 3.8) is 0 Å². The van der Waals surface area contributed by atoms with Crippen LogP contribution in [0.25, 0.3) is 0 Å². The van der Waals surface area contributed by atoms with Crippen LogP contribution in [0.3, 0.4) is 0 Å². The first kappa shape index (κ1) is 13.9. The van der Waals surface area contributed by atoms with Gasteiger partial charge >= 0.3 is 0 Å². The monoisotopic (exact) mass is 256 g/mol. The normalized spacial score (nSPS) is 12.2. The maximum absolute atomic E-state index is 5.91. The van der Waals surface area contributed by atoms with Crippen molar-refractivity contribution < 1.29 is 4.74 Å². The van der Waals surface area contributed by atoms with Gasteiger partial charge in [0, 0.05) is 6.54 Å². The summed E-state index contributed by atoms with van der Waals surface area (Å²) in [6.07, 6.45) is 3.56. The molecule has 1 unspecified atom stereocenters. The first-order chi connectivity index (χ1) is 8.19. The topological polar surface area (TPSA) is 73.1 Å². The number of nitrogens with zero attached hydrogens (tertiary/aromatic N) is 2. The Balaban J connectivity index is 2.61. The predicted octanol–water partition coefficient (Wildman–Crippen LogP) is 1.87. The van der Waals surface area contributed by atoms with Crippen molar-refractivity contribution in [1.82, 2.24) is 9.97 Å². The fourth-order valence-electron chi connectivity index (χ4n) is 1.39. The predicted molar refractivity (Wildman–Crippen MR) is 73.6 cm³/mol. The van der Waals surface area contributed by atoms with Gasteiger partial charge in [0.15, 0.2) is 5.82 Å². The van der Waals surface area contributed by atoms with E-state index in [4.69, 9.17) is 10.5 Å². The third-order valence-corrected chi connectivity index (χ3v) is 3.10. The Kier molecular flexibility index (Phi) is 5.90. The molecule has 17 heavy (non-hydrogen) atoms. The standard InChI is InChI=1S/C11H20N4OS/c1-4-16-11-9(12)10(14-7-15-11)13-5-8(2)6-17-3/h7-8H,4-6,12H2,1-3H3,(H,13,14,15). The van der Waals surface area contributed by atoms with Gasteiger partial charge in [-0.2, -0.15) is 16.7 Å². The van der Waals surface area contributed by atoms with E-state index in [0.717, 1.165) is 12.3 Å². The third-order valence-electron chi connectivity index (χ3n) is 2.20. The SMILES string of the molecule is CCOc1ncnc(NCC(C)CSC)c1N. The minimum atomic E-state index is 0.447. The molecule has 1 aromatic rings. The van der Waals surface area contributed by atoms with Gasteiger partial charge in [-0.05, 0) is 24.9 Å². The molecule has 0 fully saturated rings. The molecule has 1 heterocycles. The lowest BCUT2D eigenvalue weighted by molar-refractivity contribution is 0.328. The van der Waals surface area contributed by atoms with E-state index in [1.165, 1.54) is 6.33 Å². The smallest absolute Gasteiger partial charge is 0.242 e. The molecule has 0 saturated heterocycles. The van der Waals surface area contributed by atoms with E-state index in [2.05, 4.69) is 28.5 Å². The van der Waals surface area contributed by atoms with Crippen molar-refractivity contribution in [2.45, 2.75) is 13.8 Å². The fourth-order valence-corrected chi connectivity index (χ4v) is 2.07. The number of anilines is 2. The number of nitrogen functional groups attached to an aromatic ring is 1. The number of nitrogens with two attached hydrogens (primary N) is 1. The number of nitrogens with one attached hydrogen (secondary N) is 1. The highest BCUT2D eigenvalue weighted by Gasteiger charge is 2.09. The Morgan fingerprint density at radius 3 is 2.94 bits per heavy atom. The highest BCUT2D eigenvalue weighted by atomic mass is 32.2. The quantitative estimate of drug-likeness (QED) is 0.776. The molecule has 1 atom stereocenters. The molecule has 0 aliphatic carbocycles. The molecule has 0 aromatic carbocycles. The third kappa shape index (κ3) is 4.30. The van der Waals surface area contributed by atoms with E-state index < -0.39 is 0 Å². The first-order valence-electron chi connectivity index (χ1n) is 5.65. The molecule has 0 aliphatic heterocycles. The maximum Gasteiger partial charge on any atom is 0.242 e. The largest absolute Gasteiger partial charge is 0.476 e. The van der Waals surface area contributed by atoms with Crippen molar-refractivity contribution >= 4 is 23.3 Å². The Labute approximate surface area is 107 Å². The van der Waals surface area contributed by atoms with Crippen LogP contribution in [0.15, 0.2) is 6.33 Å². The molecule has 96 valence electrons. The van der Waals surface area contributed by atoms with E-state index in [1.807, 2.05) is 18.7 Å². The minimum absolute atomic E-state index is 0.447. The van der Waals surface area contributed by atoms with E-state index in [-0.39, 0.29) is 0 Å². The van der Waals surface area contributed by atoms with Crippen LogP contribution in [0.2, 0.25) is 0 Å². The Bertz CT molecular complexity index is 348. The summed E-state index contributed by atoms with van der Waals surface area (Å²) in [5.74, 6) is 2.77. The second kappa shape index (κ2) is 7.21. The molecule has 0 saturated carbocycles. The van der Waals surface area contributed by atoms with Gasteiger partial charge in [0.2, 0.25) is 5.88 Å². The molecule has 0 aliphatic rings. The molecule has 1 rings (SSSR count). The zero-order valence-corrected chi connectivity index (χ0v) is 11.4. The second-order valence-electron chi connectivity index (χ2n) is 3.82. The van der Waals surface area contributed by atoms with E-state index in [0.29, 0.717) is 29.9 Å². The minimum Gasteiger partial charge on any atom is -0.476 e. The Morgan fingerprint density at radius 2 is 2.29 bits per heavy atom. The fraction of sp³-hybridized carbons (Fsp3) is 0.636. The second-order valence-corrected chi connectivity index (χ2v) is 4.73. The van der Waals surface area contributed by atoms with Gasteiger partial charge in [0.1, 0.15) is 12.0 Å². The highest BCUT2D eigenvalue weighted by Crippen LogP contribution is 2.24. The van der Waals surface area contributed by atoms with E-state index >= 15 is 0 Å². The van der Waals surface area contributed by atoms with Gasteiger partial charge in [-0.3, -0.25) is 0 Å². The summed E-state index contributed by atoms with van der Waals surface area (Å²) in [4.78, 5) is 8.11. The summed E-state index contributed by atoms with van der Waals surface area (Å²) < 4.78 is 5.31. The molecule has 1 aromatic heterocycles. The summed E-state index contributed by atoms with van der Waals surface area (Å²) in [5.41, 5.74) is 6.39. The van der Waals surface area contributed by atoms with Gasteiger partial charge in [0.05, 0.1) is 6.61 Å². The lowest BCUT2D eigenvalue weighted by atomic mass is 10.2. The Hall–Kier alpha value is -1.17. The van der Waals surface area contributed by atoms with Crippen LogP contribution in [0.1, 0.15) is 13.8 Å². The molecule has 6 heteroatoms. The van der Waals surface area contributed by atoms with E-state index in [9.17, 15) is 0 Å². The molecule has 5 nitrogen and oxygen atoms in total. The maximum atomic E-state index is 5.91. The molecule has 3 N–H and O–H groups in total. The number of rotatable bonds is 7. The van der Waals surface area contributed by atoms with Crippen molar-refractivity contribution in [3.8, 4) is 5.88 Å². The summed E-state index contributed by atoms with van der Waals surface area (Å²) in [6.45, 7) is 5.47. The van der Waals surface area contributed by atoms with Gasteiger partial charge < -0.3 is 15.8 Å². The van der Waals surface area contributed by atoms with Gasteiger partial charge in [-0.1, -0.05) is 6.92 Å². The van der Waals surface area contributed by atoms with E-state index in [1.54, 1.807) is 0 Å². The summed E-state index contributed by atoms with van der Waals surface area (Å²) in [5, 5.41) is 3.23. The van der Waals surface area contributed by atoms with Crippen LogP contribution in [0, 0.1) is 5.92 Å². The van der Waals surface area contributed by atoms with Crippen LogP contribution < -0.4 is 15.8 Å². The summed E-state index contributed by atoms with van der Waals surface area (Å²) in [7, 11) is 0. The molecular weight excluding hydrogens is 236 g/mol. The molecule has 0 spiro atoms. The van der Waals surface area contributed by atoms with Crippen molar-refractivity contribution in [1.29, 1.82) is 0 Å².